The Kier molecular flexibility index (Phi) is 6.22. The number of rotatable bonds is 6. The summed E-state index contributed by atoms with van der Waals surface area (Å²) >= 11 is 0. The summed E-state index contributed by atoms with van der Waals surface area (Å²) in [6.07, 6.45) is 1.44. The van der Waals surface area contributed by atoms with Crippen molar-refractivity contribution in [2.75, 3.05) is 7.11 Å². The standard InChI is InChI=1S/C26H22N2O5/c1-17-5-3-7-19(13-17)16-33-22-8-4-6-18(14-22)15-23-24(29)27-28(26(23)31)25(30)20-9-11-21(32-2)12-10-20/h3-15H,16H2,1-2H3,(H,27,29)/b23-15+. The molecule has 0 bridgehead atoms. The number of carbonyl (C=O) groups excluding carboxylic acids is 3. The molecule has 7 nitrogen and oxygen atoms in total. The molecule has 0 atom stereocenters. The maximum absolute atomic E-state index is 12.8. The van der Waals surface area contributed by atoms with E-state index in [9.17, 15) is 14.4 Å². The molecule has 166 valence electrons. The smallest absolute Gasteiger partial charge is 0.285 e. The number of hydrazine groups is 1. The van der Waals surface area contributed by atoms with Crippen molar-refractivity contribution in [1.29, 1.82) is 0 Å². The molecule has 0 aromatic heterocycles. The van der Waals surface area contributed by atoms with Crippen LogP contribution in [-0.4, -0.2) is 29.8 Å². The SMILES string of the molecule is COc1ccc(C(=O)N2NC(=O)/C(=C\c3cccc(OCc4cccc(C)c4)c3)C2=O)cc1. The van der Waals surface area contributed by atoms with Crippen LogP contribution in [0.1, 0.15) is 27.0 Å². The second-order valence-electron chi connectivity index (χ2n) is 7.52. The molecular formula is C26H22N2O5. The lowest BCUT2D eigenvalue weighted by atomic mass is 10.1. The van der Waals surface area contributed by atoms with Gasteiger partial charge in [0.15, 0.2) is 0 Å². The van der Waals surface area contributed by atoms with Gasteiger partial charge in [-0.25, -0.2) is 0 Å². The summed E-state index contributed by atoms with van der Waals surface area (Å²) in [6.45, 7) is 2.41. The molecule has 1 saturated heterocycles. The first-order valence-corrected chi connectivity index (χ1v) is 10.3. The number of benzene rings is 3. The van der Waals surface area contributed by atoms with Crippen molar-refractivity contribution in [3.63, 3.8) is 0 Å². The van der Waals surface area contributed by atoms with Gasteiger partial charge >= 0.3 is 0 Å². The van der Waals surface area contributed by atoms with Crippen molar-refractivity contribution in [2.45, 2.75) is 13.5 Å². The van der Waals surface area contributed by atoms with Gasteiger partial charge in [0.1, 0.15) is 23.7 Å². The summed E-state index contributed by atoms with van der Waals surface area (Å²) in [5, 5.41) is 0.716. The Labute approximate surface area is 191 Å². The number of carbonyl (C=O) groups is 3. The van der Waals surface area contributed by atoms with Crippen LogP contribution in [0.3, 0.4) is 0 Å². The van der Waals surface area contributed by atoms with Gasteiger partial charge in [0.25, 0.3) is 17.7 Å². The molecule has 0 saturated carbocycles. The quantitative estimate of drug-likeness (QED) is 0.358. The third-order valence-corrected chi connectivity index (χ3v) is 5.09. The van der Waals surface area contributed by atoms with Gasteiger partial charge in [-0.15, -0.1) is 0 Å². The number of ether oxygens (including phenoxy) is 2. The molecule has 3 aromatic carbocycles. The van der Waals surface area contributed by atoms with Crippen LogP contribution >= 0.6 is 0 Å². The third kappa shape index (κ3) is 4.93. The second-order valence-corrected chi connectivity index (χ2v) is 7.52. The molecule has 33 heavy (non-hydrogen) atoms. The van der Waals surface area contributed by atoms with Crippen molar-refractivity contribution in [3.05, 3.63) is 101 Å². The average Bonchev–Trinajstić information content (AvgIpc) is 3.11. The third-order valence-electron chi connectivity index (χ3n) is 5.09. The maximum Gasteiger partial charge on any atom is 0.285 e. The van der Waals surface area contributed by atoms with E-state index < -0.39 is 17.7 Å². The van der Waals surface area contributed by atoms with Crippen LogP contribution in [0, 0.1) is 6.92 Å². The fourth-order valence-corrected chi connectivity index (χ4v) is 3.39. The summed E-state index contributed by atoms with van der Waals surface area (Å²) in [6, 6.07) is 21.3. The molecule has 1 heterocycles. The van der Waals surface area contributed by atoms with E-state index in [4.69, 9.17) is 9.47 Å². The van der Waals surface area contributed by atoms with Gasteiger partial charge in [0, 0.05) is 5.56 Å². The number of hydrogen-bond acceptors (Lipinski definition) is 5. The monoisotopic (exact) mass is 442 g/mol. The molecule has 0 radical (unpaired) electrons. The van der Waals surface area contributed by atoms with Gasteiger partial charge in [0.2, 0.25) is 0 Å². The minimum absolute atomic E-state index is 0.132. The van der Waals surface area contributed by atoms with E-state index in [2.05, 4.69) is 5.43 Å². The summed E-state index contributed by atoms with van der Waals surface area (Å²) in [5.41, 5.74) is 5.24. The number of methoxy groups -OCH3 is 1. The van der Waals surface area contributed by atoms with Crippen LogP contribution in [0.4, 0.5) is 0 Å². The first-order valence-electron chi connectivity index (χ1n) is 10.3. The second kappa shape index (κ2) is 9.40. The van der Waals surface area contributed by atoms with E-state index in [0.29, 0.717) is 28.7 Å². The number of aryl methyl sites for hydroxylation is 1. The molecule has 1 N–H and O–H groups in total. The Morgan fingerprint density at radius 3 is 2.45 bits per heavy atom. The molecule has 1 aliphatic heterocycles. The van der Waals surface area contributed by atoms with Crippen molar-refractivity contribution >= 4 is 23.8 Å². The lowest BCUT2D eigenvalue weighted by Gasteiger charge is -2.12. The van der Waals surface area contributed by atoms with E-state index in [0.717, 1.165) is 11.1 Å². The van der Waals surface area contributed by atoms with Crippen LogP contribution in [0.2, 0.25) is 0 Å². The highest BCUT2D eigenvalue weighted by Crippen LogP contribution is 2.21. The number of amides is 3. The summed E-state index contributed by atoms with van der Waals surface area (Å²) < 4.78 is 10.9. The first-order chi connectivity index (χ1) is 15.9. The first kappa shape index (κ1) is 21.8. The van der Waals surface area contributed by atoms with Gasteiger partial charge < -0.3 is 9.47 Å². The van der Waals surface area contributed by atoms with Gasteiger partial charge in [0.05, 0.1) is 7.11 Å². The van der Waals surface area contributed by atoms with Crippen LogP contribution in [0.25, 0.3) is 6.08 Å². The zero-order valence-electron chi connectivity index (χ0n) is 18.2. The molecule has 1 aliphatic rings. The predicted molar refractivity (Wildman–Crippen MR) is 122 cm³/mol. The molecule has 0 spiro atoms. The molecule has 7 heteroatoms. The summed E-state index contributed by atoms with van der Waals surface area (Å²) in [5.74, 6) is -0.814. The highest BCUT2D eigenvalue weighted by molar-refractivity contribution is 6.30. The van der Waals surface area contributed by atoms with E-state index >= 15 is 0 Å². The maximum atomic E-state index is 12.8. The Hall–Kier alpha value is -4.39. The Morgan fingerprint density at radius 1 is 0.970 bits per heavy atom. The lowest BCUT2D eigenvalue weighted by Crippen LogP contribution is -2.41. The Morgan fingerprint density at radius 2 is 1.73 bits per heavy atom. The molecule has 3 amide bonds. The van der Waals surface area contributed by atoms with Gasteiger partial charge in [-0.1, -0.05) is 42.0 Å². The van der Waals surface area contributed by atoms with Crippen LogP contribution in [0.15, 0.2) is 78.4 Å². The molecular weight excluding hydrogens is 420 g/mol. The number of hydrogen-bond donors (Lipinski definition) is 1. The van der Waals surface area contributed by atoms with Crippen LogP contribution < -0.4 is 14.9 Å². The minimum atomic E-state index is -0.716. The largest absolute Gasteiger partial charge is 0.497 e. The fraction of sp³-hybridized carbons (Fsp3) is 0.115. The van der Waals surface area contributed by atoms with E-state index in [1.54, 1.807) is 36.4 Å². The fourth-order valence-electron chi connectivity index (χ4n) is 3.39. The zero-order chi connectivity index (χ0) is 23.4. The molecule has 3 aromatic rings. The van der Waals surface area contributed by atoms with Crippen LogP contribution in [-0.2, 0) is 16.2 Å². The number of imide groups is 1. The van der Waals surface area contributed by atoms with E-state index in [1.807, 2.05) is 31.2 Å². The minimum Gasteiger partial charge on any atom is -0.497 e. The molecule has 4 rings (SSSR count). The molecule has 0 unspecified atom stereocenters. The molecule has 0 aliphatic carbocycles. The topological polar surface area (TPSA) is 84.9 Å². The van der Waals surface area contributed by atoms with Crippen molar-refractivity contribution in [3.8, 4) is 11.5 Å². The van der Waals surface area contributed by atoms with Gasteiger partial charge in [-0.3, -0.25) is 19.8 Å². The normalized spacial score (nSPS) is 14.4. The van der Waals surface area contributed by atoms with Crippen molar-refractivity contribution < 1.29 is 23.9 Å². The van der Waals surface area contributed by atoms with E-state index in [1.165, 1.54) is 25.3 Å². The van der Waals surface area contributed by atoms with E-state index in [-0.39, 0.29) is 11.1 Å². The average molecular weight is 442 g/mol. The van der Waals surface area contributed by atoms with Crippen LogP contribution in [0.5, 0.6) is 11.5 Å². The van der Waals surface area contributed by atoms with Crippen molar-refractivity contribution in [1.82, 2.24) is 10.4 Å². The Bertz CT molecular complexity index is 1250. The number of nitrogens with one attached hydrogen (secondary N) is 1. The summed E-state index contributed by atoms with van der Waals surface area (Å²) in [7, 11) is 1.51. The summed E-state index contributed by atoms with van der Waals surface area (Å²) in [4.78, 5) is 37.9. The Balaban J connectivity index is 1.49. The lowest BCUT2D eigenvalue weighted by molar-refractivity contribution is -0.125. The predicted octanol–water partition coefficient (Wildman–Crippen LogP) is 3.68. The molecule has 1 fully saturated rings. The number of nitrogens with zero attached hydrogens (tertiary/aromatic N) is 1. The zero-order valence-corrected chi connectivity index (χ0v) is 18.2. The van der Waals surface area contributed by atoms with Gasteiger partial charge in [-0.05, 0) is 60.5 Å². The van der Waals surface area contributed by atoms with Gasteiger partial charge in [-0.2, -0.15) is 5.01 Å². The highest BCUT2D eigenvalue weighted by Gasteiger charge is 2.38. The highest BCUT2D eigenvalue weighted by atomic mass is 16.5. The van der Waals surface area contributed by atoms with Crippen molar-refractivity contribution in [2.24, 2.45) is 0 Å².